The van der Waals surface area contributed by atoms with Crippen molar-refractivity contribution in [1.29, 1.82) is 0 Å². The zero-order chi connectivity index (χ0) is 21.2. The van der Waals surface area contributed by atoms with Crippen LogP contribution in [0.5, 0.6) is 5.75 Å². The molecule has 0 saturated carbocycles. The van der Waals surface area contributed by atoms with Crippen LogP contribution in [-0.2, 0) is 4.79 Å². The zero-order valence-corrected chi connectivity index (χ0v) is 16.4. The number of amides is 2. The Kier molecular flexibility index (Phi) is 6.49. The highest BCUT2D eigenvalue weighted by atomic mass is 32.3. The van der Waals surface area contributed by atoms with Crippen molar-refractivity contribution in [3.05, 3.63) is 29.8 Å². The van der Waals surface area contributed by atoms with Gasteiger partial charge in [0.25, 0.3) is 0 Å². The van der Waals surface area contributed by atoms with Gasteiger partial charge in [-0.3, -0.25) is 13.9 Å². The summed E-state index contributed by atoms with van der Waals surface area (Å²) in [6, 6.07) is 5.67. The Morgan fingerprint density at radius 2 is 1.69 bits per heavy atom. The molecule has 2 aliphatic rings. The summed E-state index contributed by atoms with van der Waals surface area (Å²) in [4.78, 5) is 27.5. The number of rotatable bonds is 4. The van der Waals surface area contributed by atoms with Gasteiger partial charge in [0.05, 0.1) is 17.4 Å². The van der Waals surface area contributed by atoms with E-state index in [1.165, 1.54) is 21.9 Å². The van der Waals surface area contributed by atoms with Crippen molar-refractivity contribution in [2.45, 2.75) is 19.0 Å². The van der Waals surface area contributed by atoms with Crippen LogP contribution in [0, 0.1) is 5.92 Å². The van der Waals surface area contributed by atoms with E-state index in [4.69, 9.17) is 0 Å². The van der Waals surface area contributed by atoms with E-state index >= 15 is 0 Å². The molecule has 1 aromatic rings. The van der Waals surface area contributed by atoms with Crippen LogP contribution in [0.2, 0.25) is 0 Å². The Bertz CT molecular complexity index is 738. The monoisotopic (exact) mass is 434 g/mol. The van der Waals surface area contributed by atoms with Crippen molar-refractivity contribution in [2.75, 3.05) is 37.7 Å². The number of hydrogen-bond donors (Lipinski definition) is 3. The molecule has 2 aliphatic heterocycles. The second kappa shape index (κ2) is 8.72. The number of carboxylic acids is 1. The molecule has 0 bridgehead atoms. The molecular weight excluding hydrogens is 410 g/mol. The molecule has 2 heterocycles. The first-order chi connectivity index (χ1) is 13.6. The maximum absolute atomic E-state index is 12.9. The van der Waals surface area contributed by atoms with Gasteiger partial charge >= 0.3 is 18.6 Å². The fraction of sp³-hybridized carbons (Fsp3) is 0.556. The van der Waals surface area contributed by atoms with E-state index in [2.05, 4.69) is 4.74 Å². The Morgan fingerprint density at radius 1 is 1.07 bits per heavy atom. The average Bonchev–Trinajstić information content (AvgIpc) is 2.67. The highest BCUT2D eigenvalue weighted by Crippen LogP contribution is 2.40. The molecule has 2 saturated heterocycles. The molecule has 0 aromatic heterocycles. The molecule has 8 nitrogen and oxygen atoms in total. The number of alkyl halides is 2. The second-order valence-corrected chi connectivity index (χ2v) is 9.72. The highest BCUT2D eigenvalue weighted by molar-refractivity contribution is 8.24. The van der Waals surface area contributed by atoms with Crippen LogP contribution in [0.1, 0.15) is 17.9 Å². The molecule has 2 fully saturated rings. The van der Waals surface area contributed by atoms with Crippen molar-refractivity contribution in [3.8, 4) is 5.75 Å². The lowest BCUT2D eigenvalue weighted by molar-refractivity contribution is -0.143. The average molecular weight is 434 g/mol. The van der Waals surface area contributed by atoms with Gasteiger partial charge in [-0.2, -0.15) is 19.4 Å². The number of benzene rings is 1. The summed E-state index contributed by atoms with van der Waals surface area (Å²) in [6.07, 6.45) is 0.328. The Balaban J connectivity index is 1.72. The van der Waals surface area contributed by atoms with Gasteiger partial charge < -0.3 is 19.6 Å². The number of nitrogens with zero attached hydrogens (tertiary/aromatic N) is 2. The number of piperidine rings is 1. The Hall–Kier alpha value is -2.11. The standard InChI is InChI=1S/C18H24F2N2O6S/c19-17(20)28-15-3-1-12(2-4-15)13-9-14(16(23)24)11-22(10-13)18(25)21-5-7-29(26,27)8-6-21/h1-4,13-14,17,26-27H,5-11H2,(H,23,24). The summed E-state index contributed by atoms with van der Waals surface area (Å²) in [5.74, 6) is -1.78. The van der Waals surface area contributed by atoms with Gasteiger partial charge in [-0.15, -0.1) is 0 Å². The topological polar surface area (TPSA) is 111 Å². The molecule has 11 heteroatoms. The molecule has 3 rings (SSSR count). The summed E-state index contributed by atoms with van der Waals surface area (Å²) in [6.45, 7) is -2.14. The van der Waals surface area contributed by atoms with E-state index in [0.29, 0.717) is 13.0 Å². The summed E-state index contributed by atoms with van der Waals surface area (Å²) >= 11 is 0. The van der Waals surface area contributed by atoms with Crippen molar-refractivity contribution in [1.82, 2.24) is 9.80 Å². The van der Waals surface area contributed by atoms with E-state index in [1.54, 1.807) is 12.1 Å². The maximum Gasteiger partial charge on any atom is 0.387 e. The van der Waals surface area contributed by atoms with Crippen LogP contribution in [0.15, 0.2) is 24.3 Å². The third kappa shape index (κ3) is 5.49. The molecule has 3 N–H and O–H groups in total. The van der Waals surface area contributed by atoms with Gasteiger partial charge in [0.2, 0.25) is 0 Å². The molecule has 0 aliphatic carbocycles. The van der Waals surface area contributed by atoms with Crippen LogP contribution in [0.25, 0.3) is 0 Å². The van der Waals surface area contributed by atoms with Gasteiger partial charge in [-0.05, 0) is 24.1 Å². The number of carbonyl (C=O) groups is 2. The van der Waals surface area contributed by atoms with E-state index < -0.39 is 29.1 Å². The molecule has 0 spiro atoms. The quantitative estimate of drug-likeness (QED) is 0.672. The minimum atomic E-state index is -2.93. The molecule has 162 valence electrons. The number of hydrogen-bond acceptors (Lipinski definition) is 5. The van der Waals surface area contributed by atoms with Crippen LogP contribution >= 0.6 is 10.6 Å². The number of aliphatic carboxylic acids is 1. The minimum Gasteiger partial charge on any atom is -0.481 e. The first-order valence-corrected chi connectivity index (χ1v) is 11.1. The predicted molar refractivity (Wildman–Crippen MR) is 103 cm³/mol. The van der Waals surface area contributed by atoms with Crippen LogP contribution in [0.4, 0.5) is 13.6 Å². The van der Waals surface area contributed by atoms with Gasteiger partial charge in [-0.25, -0.2) is 4.79 Å². The molecule has 2 unspecified atom stereocenters. The predicted octanol–water partition coefficient (Wildman–Crippen LogP) is 2.96. The minimum absolute atomic E-state index is 0.00887. The van der Waals surface area contributed by atoms with Crippen molar-refractivity contribution < 1.29 is 37.3 Å². The summed E-state index contributed by atoms with van der Waals surface area (Å²) in [5.41, 5.74) is 0.739. The summed E-state index contributed by atoms with van der Waals surface area (Å²) in [5, 5.41) is 9.51. The third-order valence-electron chi connectivity index (χ3n) is 5.29. The fourth-order valence-corrected chi connectivity index (χ4v) is 4.94. The lowest BCUT2D eigenvalue weighted by Crippen LogP contribution is -2.53. The number of halogens is 2. The molecule has 0 radical (unpaired) electrons. The first-order valence-electron chi connectivity index (χ1n) is 9.19. The van der Waals surface area contributed by atoms with Crippen molar-refractivity contribution >= 4 is 22.6 Å². The van der Waals surface area contributed by atoms with Crippen molar-refractivity contribution in [2.24, 2.45) is 5.92 Å². The molecule has 2 atom stereocenters. The number of carboxylic acid groups (broad SMARTS) is 1. The first kappa shape index (κ1) is 21.6. The lowest BCUT2D eigenvalue weighted by Gasteiger charge is -2.44. The largest absolute Gasteiger partial charge is 0.481 e. The molecule has 2 amide bonds. The van der Waals surface area contributed by atoms with Gasteiger partial charge in [0.15, 0.2) is 0 Å². The zero-order valence-electron chi connectivity index (χ0n) is 15.6. The normalized spacial score (nSPS) is 25.6. The molecule has 1 aromatic carbocycles. The Morgan fingerprint density at radius 3 is 2.24 bits per heavy atom. The number of carbonyl (C=O) groups excluding carboxylic acids is 1. The van der Waals surface area contributed by atoms with Gasteiger partial charge in [0, 0.05) is 32.1 Å². The fourth-order valence-electron chi connectivity index (χ4n) is 3.72. The SMILES string of the molecule is O=C(O)C1CC(c2ccc(OC(F)F)cc2)CN(C(=O)N2CCS(O)(O)CC2)C1. The van der Waals surface area contributed by atoms with Crippen LogP contribution in [-0.4, -0.2) is 80.3 Å². The van der Waals surface area contributed by atoms with Crippen LogP contribution in [0.3, 0.4) is 0 Å². The highest BCUT2D eigenvalue weighted by Gasteiger charge is 2.37. The number of ether oxygens (including phenoxy) is 1. The van der Waals surface area contributed by atoms with E-state index in [1.807, 2.05) is 0 Å². The third-order valence-corrected chi connectivity index (χ3v) is 6.97. The van der Waals surface area contributed by atoms with Crippen LogP contribution < -0.4 is 4.74 Å². The molecule has 29 heavy (non-hydrogen) atoms. The smallest absolute Gasteiger partial charge is 0.387 e. The summed E-state index contributed by atoms with van der Waals surface area (Å²) < 4.78 is 48.4. The number of urea groups is 1. The van der Waals surface area contributed by atoms with E-state index in [0.717, 1.165) is 5.56 Å². The second-order valence-electron chi connectivity index (χ2n) is 7.30. The molecular formula is C18H24F2N2O6S. The van der Waals surface area contributed by atoms with E-state index in [9.17, 15) is 32.6 Å². The number of likely N-dealkylation sites (tertiary alicyclic amines) is 1. The van der Waals surface area contributed by atoms with Gasteiger partial charge in [-0.1, -0.05) is 12.1 Å². The Labute approximate surface area is 168 Å². The van der Waals surface area contributed by atoms with Gasteiger partial charge in [0.1, 0.15) is 5.75 Å². The maximum atomic E-state index is 12.9. The summed E-state index contributed by atoms with van der Waals surface area (Å²) in [7, 11) is -2.64. The van der Waals surface area contributed by atoms with Crippen molar-refractivity contribution in [3.63, 3.8) is 0 Å². The lowest BCUT2D eigenvalue weighted by atomic mass is 9.84. The van der Waals surface area contributed by atoms with E-state index in [-0.39, 0.29) is 48.8 Å².